The molecule has 0 amide bonds. The van der Waals surface area contributed by atoms with E-state index in [1.54, 1.807) is 0 Å². The highest BCUT2D eigenvalue weighted by atomic mass is 15.2. The van der Waals surface area contributed by atoms with E-state index in [1.807, 2.05) is 0 Å². The molecule has 80 heavy (non-hydrogen) atoms. The minimum Gasteiger partial charge on any atom is -0.310 e. The number of hydrogen-bond donors (Lipinski definition) is 0. The molecule has 2 nitrogen and oxygen atoms in total. The molecule has 0 aliphatic rings. The Balaban J connectivity index is 1.01. The average Bonchev–Trinajstić information content (AvgIpc) is 3.56. The Morgan fingerprint density at radius 1 is 0.225 bits per heavy atom. The first kappa shape index (κ1) is 54.3. The molecule has 11 aromatic rings. The zero-order valence-electron chi connectivity index (χ0n) is 51.1. The Bertz CT molecular complexity index is 3840. The second-order valence-electron chi connectivity index (χ2n) is 27.5. The second kappa shape index (κ2) is 19.5. The second-order valence-corrected chi connectivity index (χ2v) is 27.5. The molecule has 0 heterocycles. The van der Waals surface area contributed by atoms with E-state index in [0.29, 0.717) is 0 Å². The van der Waals surface area contributed by atoms with Crippen LogP contribution in [0.5, 0.6) is 0 Å². The first-order valence-corrected chi connectivity index (χ1v) is 29.1. The number of nitrogens with zero attached hydrogens (tertiary/aromatic N) is 2. The molecule has 0 aromatic heterocycles. The Hall–Kier alpha value is -7.68. The molecule has 0 aliphatic heterocycles. The van der Waals surface area contributed by atoms with Gasteiger partial charge >= 0.3 is 0 Å². The molecular weight excluding hydrogens is 965 g/mol. The fraction of sp³-hybridized carbons (Fsp3) is 0.282. The molecule has 0 atom stereocenters. The van der Waals surface area contributed by atoms with Crippen LogP contribution in [-0.2, 0) is 21.7 Å². The molecular formula is C78H82N2. The summed E-state index contributed by atoms with van der Waals surface area (Å²) in [7, 11) is 0. The van der Waals surface area contributed by atoms with Crippen LogP contribution in [0.15, 0.2) is 170 Å². The van der Waals surface area contributed by atoms with Crippen LogP contribution < -0.4 is 9.80 Å². The van der Waals surface area contributed by atoms with Gasteiger partial charge in [-0.25, -0.2) is 0 Å². The summed E-state index contributed by atoms with van der Waals surface area (Å²) in [5, 5.41) is 10.5. The van der Waals surface area contributed by atoms with Gasteiger partial charge in [-0.1, -0.05) is 180 Å². The van der Waals surface area contributed by atoms with Crippen molar-refractivity contribution in [1.29, 1.82) is 0 Å². The number of benzene rings is 11. The third-order valence-electron chi connectivity index (χ3n) is 17.3. The largest absolute Gasteiger partial charge is 0.310 e. The van der Waals surface area contributed by atoms with E-state index in [1.165, 1.54) is 132 Å². The van der Waals surface area contributed by atoms with Crippen LogP contribution >= 0.6 is 0 Å². The van der Waals surface area contributed by atoms with Gasteiger partial charge in [-0.3, -0.25) is 0 Å². The van der Waals surface area contributed by atoms with Crippen LogP contribution in [0.2, 0.25) is 0 Å². The standard InChI is InChI=1S/C78H82N2/c1-47-19-37-65-70-46-56(54-23-31-62(32-24-54)80(64-35-27-58(28-36-64)76(10,11)12)74-51(5)41-60(42-52(74)6)78(16,17)18)44-68-48(2)20-38-66(72(68)70)69-45-55(43-67(47)71(65)69)53-21-29-61(30-22-53)79(63-33-25-57(26-34-63)75(7,8)9)73-49(3)39-59(40-50(73)4)77(13,14)15/h19-46H,1-18H3. The van der Waals surface area contributed by atoms with E-state index in [0.717, 1.165) is 22.7 Å². The van der Waals surface area contributed by atoms with Gasteiger partial charge < -0.3 is 9.80 Å². The van der Waals surface area contributed by atoms with Crippen LogP contribution in [-0.4, -0.2) is 0 Å². The van der Waals surface area contributed by atoms with Crippen LogP contribution in [0.4, 0.5) is 34.1 Å². The maximum Gasteiger partial charge on any atom is 0.0520 e. The van der Waals surface area contributed by atoms with Gasteiger partial charge in [0.2, 0.25) is 0 Å². The summed E-state index contributed by atoms with van der Waals surface area (Å²) < 4.78 is 0. The zero-order valence-corrected chi connectivity index (χ0v) is 51.1. The maximum atomic E-state index is 2.46. The fourth-order valence-corrected chi connectivity index (χ4v) is 12.6. The van der Waals surface area contributed by atoms with E-state index in [4.69, 9.17) is 0 Å². The predicted octanol–water partition coefficient (Wildman–Crippen LogP) is 23.1. The third-order valence-corrected chi connectivity index (χ3v) is 17.3. The van der Waals surface area contributed by atoms with Crippen LogP contribution in [0.3, 0.4) is 0 Å². The highest BCUT2D eigenvalue weighted by Crippen LogP contribution is 2.48. The van der Waals surface area contributed by atoms with E-state index < -0.39 is 0 Å². The molecule has 0 saturated carbocycles. The van der Waals surface area contributed by atoms with Crippen molar-refractivity contribution in [1.82, 2.24) is 0 Å². The number of hydrogen-bond acceptors (Lipinski definition) is 2. The smallest absolute Gasteiger partial charge is 0.0520 e. The van der Waals surface area contributed by atoms with Gasteiger partial charge in [-0.15, -0.1) is 0 Å². The normalized spacial score (nSPS) is 12.6. The monoisotopic (exact) mass is 1050 g/mol. The van der Waals surface area contributed by atoms with Gasteiger partial charge in [0.1, 0.15) is 0 Å². The van der Waals surface area contributed by atoms with Gasteiger partial charge in [0.25, 0.3) is 0 Å². The van der Waals surface area contributed by atoms with Crippen molar-refractivity contribution in [2.75, 3.05) is 9.80 Å². The molecule has 0 saturated heterocycles. The van der Waals surface area contributed by atoms with E-state index >= 15 is 0 Å². The average molecular weight is 1050 g/mol. The van der Waals surface area contributed by atoms with Crippen molar-refractivity contribution < 1.29 is 0 Å². The summed E-state index contributed by atoms with van der Waals surface area (Å²) in [6, 6.07) is 65.8. The molecule has 2 heteroatoms. The van der Waals surface area contributed by atoms with E-state index in [2.05, 4.69) is 304 Å². The molecule has 0 aliphatic carbocycles. The number of anilines is 6. The Morgan fingerprint density at radius 3 is 0.762 bits per heavy atom. The molecule has 0 spiro atoms. The highest BCUT2D eigenvalue weighted by molar-refractivity contribution is 6.34. The van der Waals surface area contributed by atoms with Crippen LogP contribution in [0.1, 0.15) is 139 Å². The molecule has 0 radical (unpaired) electrons. The quantitative estimate of drug-likeness (QED) is 0.111. The molecule has 0 fully saturated rings. The topological polar surface area (TPSA) is 6.48 Å². The van der Waals surface area contributed by atoms with E-state index in [9.17, 15) is 0 Å². The van der Waals surface area contributed by atoms with Crippen LogP contribution in [0, 0.1) is 41.5 Å². The summed E-state index contributed by atoms with van der Waals surface area (Å²) in [6.07, 6.45) is 0. The lowest BCUT2D eigenvalue weighted by molar-refractivity contribution is 0.589. The van der Waals surface area contributed by atoms with Crippen molar-refractivity contribution in [2.24, 2.45) is 0 Å². The highest BCUT2D eigenvalue weighted by Gasteiger charge is 2.26. The molecule has 11 aromatic carbocycles. The Labute approximate surface area is 478 Å². The summed E-state index contributed by atoms with van der Waals surface area (Å²) >= 11 is 0. The third kappa shape index (κ3) is 9.73. The van der Waals surface area contributed by atoms with Gasteiger partial charge in [0.15, 0.2) is 0 Å². The predicted molar refractivity (Wildman–Crippen MR) is 351 cm³/mol. The van der Waals surface area contributed by atoms with Gasteiger partial charge in [-0.05, 0) is 257 Å². The first-order valence-electron chi connectivity index (χ1n) is 29.1. The van der Waals surface area contributed by atoms with Crippen molar-refractivity contribution in [3.63, 3.8) is 0 Å². The van der Waals surface area contributed by atoms with E-state index in [-0.39, 0.29) is 21.7 Å². The molecule has 11 rings (SSSR count). The van der Waals surface area contributed by atoms with Crippen LogP contribution in [0.25, 0.3) is 65.3 Å². The van der Waals surface area contributed by atoms with Crippen molar-refractivity contribution in [3.8, 4) is 22.3 Å². The summed E-state index contributed by atoms with van der Waals surface area (Å²) in [6.45, 7) is 41.2. The van der Waals surface area contributed by atoms with Crippen molar-refractivity contribution in [2.45, 2.75) is 146 Å². The van der Waals surface area contributed by atoms with Gasteiger partial charge in [0.05, 0.1) is 11.4 Å². The van der Waals surface area contributed by atoms with Gasteiger partial charge in [-0.2, -0.15) is 0 Å². The van der Waals surface area contributed by atoms with Crippen molar-refractivity contribution >= 4 is 77.2 Å². The zero-order chi connectivity index (χ0) is 57.1. The molecule has 0 N–H and O–H groups in total. The Morgan fingerprint density at radius 2 is 0.487 bits per heavy atom. The minimum atomic E-state index is 0.0551. The number of rotatable bonds is 8. The SMILES string of the molecule is Cc1cc(C(C)(C)C)cc(C)c1N(c1ccc(-c2cc3c(C)ccc4c5cc(-c6ccc(N(c7ccc(C(C)(C)C)cc7)c7c(C)cc(C(C)(C)C)cc7C)cc6)cc6c(C)ccc(c(c2)c34)c65)cc1)c1ccc(C(C)(C)C)cc1. The molecule has 0 unspecified atom stereocenters. The lowest BCUT2D eigenvalue weighted by Gasteiger charge is -2.31. The molecule has 0 bridgehead atoms. The molecule has 404 valence electrons. The van der Waals surface area contributed by atoms with Crippen molar-refractivity contribution in [3.05, 3.63) is 225 Å². The minimum absolute atomic E-state index is 0.0551. The van der Waals surface area contributed by atoms with Gasteiger partial charge in [0, 0.05) is 22.7 Å². The lowest BCUT2D eigenvalue weighted by Crippen LogP contribution is -2.17. The Kier molecular flexibility index (Phi) is 13.3. The first-order chi connectivity index (χ1) is 37.6. The maximum absolute atomic E-state index is 2.46. The summed E-state index contributed by atoms with van der Waals surface area (Å²) in [5.74, 6) is 0. The lowest BCUT2D eigenvalue weighted by atomic mass is 9.84. The summed E-state index contributed by atoms with van der Waals surface area (Å²) in [5.41, 5.74) is 25.2. The number of aryl methyl sites for hydroxylation is 6. The fourth-order valence-electron chi connectivity index (χ4n) is 12.6. The summed E-state index contributed by atoms with van der Waals surface area (Å²) in [4.78, 5) is 4.93. The number of fused-ring (bicyclic) bond motifs is 2.